The summed E-state index contributed by atoms with van der Waals surface area (Å²) in [7, 11) is 5.94. The van der Waals surface area contributed by atoms with Crippen molar-refractivity contribution in [3.05, 3.63) is 24.3 Å². The van der Waals surface area contributed by atoms with E-state index in [2.05, 4.69) is 50.2 Å². The third-order valence-corrected chi connectivity index (χ3v) is 6.86. The number of methoxy groups -OCH3 is 1. The fourth-order valence-corrected chi connectivity index (χ4v) is 4.49. The lowest BCUT2D eigenvalue weighted by Gasteiger charge is -2.24. The SMILES string of the molecule is CCCCC/C=C\C/C=C\CCCCCCCCCC(CCCCCCCC(=O)OC)N(C)C. The fraction of sp³-hybridized carbons (Fsp3) is 0.839. The second-order valence-electron chi connectivity index (χ2n) is 10.2. The second-order valence-corrected chi connectivity index (χ2v) is 10.2. The van der Waals surface area contributed by atoms with Crippen molar-refractivity contribution in [2.24, 2.45) is 0 Å². The topological polar surface area (TPSA) is 29.5 Å². The van der Waals surface area contributed by atoms with Crippen molar-refractivity contribution in [1.82, 2.24) is 4.90 Å². The summed E-state index contributed by atoms with van der Waals surface area (Å²) < 4.78 is 4.70. The Labute approximate surface area is 213 Å². The highest BCUT2D eigenvalue weighted by Crippen LogP contribution is 2.17. The normalized spacial score (nSPS) is 12.9. The van der Waals surface area contributed by atoms with Gasteiger partial charge >= 0.3 is 5.97 Å². The molecule has 0 aliphatic heterocycles. The quantitative estimate of drug-likeness (QED) is 0.0745. The van der Waals surface area contributed by atoms with E-state index in [4.69, 9.17) is 4.74 Å². The van der Waals surface area contributed by atoms with Gasteiger partial charge in [-0.05, 0) is 65.5 Å². The molecule has 0 saturated heterocycles. The minimum atomic E-state index is -0.0724. The molecule has 3 nitrogen and oxygen atoms in total. The van der Waals surface area contributed by atoms with Crippen LogP contribution in [-0.4, -0.2) is 38.1 Å². The molecule has 0 bridgehead atoms. The average molecular weight is 478 g/mol. The molecule has 0 radical (unpaired) electrons. The summed E-state index contributed by atoms with van der Waals surface area (Å²) in [5.41, 5.74) is 0. The molecule has 0 aromatic carbocycles. The molecule has 0 rings (SSSR count). The van der Waals surface area contributed by atoms with Crippen LogP contribution in [-0.2, 0) is 9.53 Å². The van der Waals surface area contributed by atoms with E-state index in [0.29, 0.717) is 6.42 Å². The molecule has 1 atom stereocenters. The molecule has 0 aromatic heterocycles. The first-order chi connectivity index (χ1) is 16.6. The van der Waals surface area contributed by atoms with Gasteiger partial charge in [0.15, 0.2) is 0 Å². The zero-order chi connectivity index (χ0) is 25.1. The summed E-state index contributed by atoms with van der Waals surface area (Å²) in [6.45, 7) is 2.26. The predicted molar refractivity (Wildman–Crippen MR) is 150 cm³/mol. The lowest BCUT2D eigenvalue weighted by Crippen LogP contribution is -2.27. The van der Waals surface area contributed by atoms with E-state index in [1.165, 1.54) is 116 Å². The molecule has 0 heterocycles. The largest absolute Gasteiger partial charge is 0.469 e. The van der Waals surface area contributed by atoms with Crippen LogP contribution in [0.3, 0.4) is 0 Å². The van der Waals surface area contributed by atoms with E-state index < -0.39 is 0 Å². The van der Waals surface area contributed by atoms with Crippen LogP contribution in [0.2, 0.25) is 0 Å². The standard InChI is InChI=1S/C31H59NO2/c1-5-6-7-8-9-10-11-12-13-14-15-16-17-18-19-21-24-27-30(32(2)3)28-25-22-20-23-26-29-31(33)34-4/h9-10,12-13,30H,5-8,11,14-29H2,1-4H3/b10-9-,13-12-. The van der Waals surface area contributed by atoms with Crippen LogP contribution in [0.25, 0.3) is 0 Å². The molecule has 0 aliphatic carbocycles. The summed E-state index contributed by atoms with van der Waals surface area (Å²) in [5, 5.41) is 0. The number of hydrogen-bond donors (Lipinski definition) is 0. The van der Waals surface area contributed by atoms with Gasteiger partial charge in [-0.2, -0.15) is 0 Å². The van der Waals surface area contributed by atoms with Crippen molar-refractivity contribution < 1.29 is 9.53 Å². The molecule has 0 spiro atoms. The number of hydrogen-bond acceptors (Lipinski definition) is 3. The number of ether oxygens (including phenoxy) is 1. The van der Waals surface area contributed by atoms with Crippen molar-refractivity contribution >= 4 is 5.97 Å². The van der Waals surface area contributed by atoms with Crippen LogP contribution >= 0.6 is 0 Å². The van der Waals surface area contributed by atoms with Crippen LogP contribution in [0.1, 0.15) is 142 Å². The van der Waals surface area contributed by atoms with Crippen LogP contribution in [0.15, 0.2) is 24.3 Å². The maximum absolute atomic E-state index is 11.1. The van der Waals surface area contributed by atoms with Gasteiger partial charge in [0, 0.05) is 12.5 Å². The molecule has 0 N–H and O–H groups in total. The smallest absolute Gasteiger partial charge is 0.305 e. The van der Waals surface area contributed by atoms with Crippen LogP contribution < -0.4 is 0 Å². The number of carbonyl (C=O) groups is 1. The number of nitrogens with zero attached hydrogens (tertiary/aromatic N) is 1. The van der Waals surface area contributed by atoms with Gasteiger partial charge in [-0.1, -0.05) is 108 Å². The van der Waals surface area contributed by atoms with E-state index in [-0.39, 0.29) is 5.97 Å². The molecule has 0 amide bonds. The fourth-order valence-electron chi connectivity index (χ4n) is 4.49. The average Bonchev–Trinajstić information content (AvgIpc) is 2.83. The van der Waals surface area contributed by atoms with Crippen LogP contribution in [0, 0.1) is 0 Å². The van der Waals surface area contributed by atoms with E-state index in [1.807, 2.05) is 0 Å². The minimum absolute atomic E-state index is 0.0724. The Morgan fingerprint density at radius 3 is 1.65 bits per heavy atom. The maximum Gasteiger partial charge on any atom is 0.305 e. The summed E-state index contributed by atoms with van der Waals surface area (Å²) in [6.07, 6.45) is 35.9. The van der Waals surface area contributed by atoms with Crippen molar-refractivity contribution in [3.8, 4) is 0 Å². The molecule has 34 heavy (non-hydrogen) atoms. The molecule has 1 unspecified atom stereocenters. The first-order valence-electron chi connectivity index (χ1n) is 14.6. The lowest BCUT2D eigenvalue weighted by atomic mass is 9.99. The molecule has 0 aliphatic rings. The highest BCUT2D eigenvalue weighted by atomic mass is 16.5. The highest BCUT2D eigenvalue weighted by molar-refractivity contribution is 5.68. The summed E-state index contributed by atoms with van der Waals surface area (Å²) >= 11 is 0. The highest BCUT2D eigenvalue weighted by Gasteiger charge is 2.10. The number of unbranched alkanes of at least 4 members (excludes halogenated alkanes) is 14. The summed E-state index contributed by atoms with van der Waals surface area (Å²) in [4.78, 5) is 13.6. The van der Waals surface area contributed by atoms with Gasteiger partial charge in [-0.25, -0.2) is 0 Å². The Kier molecular flexibility index (Phi) is 25.7. The van der Waals surface area contributed by atoms with Gasteiger partial charge in [0.1, 0.15) is 0 Å². The Hall–Kier alpha value is -1.09. The molecule has 0 saturated carbocycles. The summed E-state index contributed by atoms with van der Waals surface area (Å²) in [6, 6.07) is 0.730. The molecule has 0 aromatic rings. The van der Waals surface area contributed by atoms with Crippen molar-refractivity contribution in [2.75, 3.05) is 21.2 Å². The maximum atomic E-state index is 11.1. The number of carbonyl (C=O) groups excluding carboxylic acids is 1. The third-order valence-electron chi connectivity index (χ3n) is 6.86. The Morgan fingerprint density at radius 2 is 1.15 bits per heavy atom. The first kappa shape index (κ1) is 32.9. The number of rotatable bonds is 25. The van der Waals surface area contributed by atoms with Crippen LogP contribution in [0.4, 0.5) is 0 Å². The van der Waals surface area contributed by atoms with Gasteiger partial charge < -0.3 is 9.64 Å². The lowest BCUT2D eigenvalue weighted by molar-refractivity contribution is -0.140. The summed E-state index contributed by atoms with van der Waals surface area (Å²) in [5.74, 6) is -0.0724. The van der Waals surface area contributed by atoms with Gasteiger partial charge in [-0.3, -0.25) is 4.79 Å². The second kappa shape index (κ2) is 26.5. The van der Waals surface area contributed by atoms with Gasteiger partial charge in [-0.15, -0.1) is 0 Å². The molecule has 0 fully saturated rings. The van der Waals surface area contributed by atoms with Gasteiger partial charge in [0.25, 0.3) is 0 Å². The molecule has 3 heteroatoms. The van der Waals surface area contributed by atoms with Gasteiger partial charge in [0.2, 0.25) is 0 Å². The first-order valence-corrected chi connectivity index (χ1v) is 14.6. The van der Waals surface area contributed by atoms with E-state index in [9.17, 15) is 4.79 Å². The zero-order valence-electron chi connectivity index (χ0n) is 23.5. The molecule has 200 valence electrons. The van der Waals surface area contributed by atoms with Crippen molar-refractivity contribution in [3.63, 3.8) is 0 Å². The Balaban J connectivity index is 3.50. The van der Waals surface area contributed by atoms with E-state index >= 15 is 0 Å². The van der Waals surface area contributed by atoms with Crippen molar-refractivity contribution in [1.29, 1.82) is 0 Å². The minimum Gasteiger partial charge on any atom is -0.469 e. The van der Waals surface area contributed by atoms with E-state index in [0.717, 1.165) is 25.3 Å². The number of allylic oxidation sites excluding steroid dienone is 4. The molecular formula is C31H59NO2. The zero-order valence-corrected chi connectivity index (χ0v) is 23.5. The Bertz CT molecular complexity index is 484. The van der Waals surface area contributed by atoms with E-state index in [1.54, 1.807) is 0 Å². The monoisotopic (exact) mass is 477 g/mol. The van der Waals surface area contributed by atoms with Crippen LogP contribution in [0.5, 0.6) is 0 Å². The third kappa shape index (κ3) is 24.0. The predicted octanol–water partition coefficient (Wildman–Crippen LogP) is 9.41. The Morgan fingerprint density at radius 1 is 0.676 bits per heavy atom. The molecular weight excluding hydrogens is 418 g/mol. The van der Waals surface area contributed by atoms with Crippen molar-refractivity contribution in [2.45, 2.75) is 148 Å². The van der Waals surface area contributed by atoms with Gasteiger partial charge in [0.05, 0.1) is 7.11 Å². The number of esters is 1.